The van der Waals surface area contributed by atoms with E-state index in [-0.39, 0.29) is 17.9 Å². The van der Waals surface area contributed by atoms with Gasteiger partial charge in [-0.25, -0.2) is 0 Å². The van der Waals surface area contributed by atoms with Crippen LogP contribution in [0.4, 0.5) is 0 Å². The van der Waals surface area contributed by atoms with Gasteiger partial charge in [0.25, 0.3) is 0 Å². The number of amides is 2. The molecule has 1 aromatic carbocycles. The first kappa shape index (κ1) is 22.4. The second-order valence-corrected chi connectivity index (χ2v) is 8.58. The lowest BCUT2D eigenvalue weighted by Gasteiger charge is -2.25. The monoisotopic (exact) mass is 386 g/mol. The van der Waals surface area contributed by atoms with Crippen LogP contribution >= 0.6 is 0 Å². The van der Waals surface area contributed by atoms with Gasteiger partial charge < -0.3 is 10.6 Å². The molecule has 0 aliphatic heterocycles. The summed E-state index contributed by atoms with van der Waals surface area (Å²) in [6, 6.07) is 9.03. The van der Waals surface area contributed by atoms with Gasteiger partial charge in [0.1, 0.15) is 0 Å². The number of hydrogen-bond acceptors (Lipinski definition) is 2. The summed E-state index contributed by atoms with van der Waals surface area (Å²) >= 11 is 0. The lowest BCUT2D eigenvalue weighted by molar-refractivity contribution is -0.122. The van der Waals surface area contributed by atoms with E-state index >= 15 is 0 Å². The fraction of sp³-hybridized carbons (Fsp3) is 0.667. The Balaban J connectivity index is 1.81. The molecule has 1 fully saturated rings. The van der Waals surface area contributed by atoms with Crippen LogP contribution in [0.3, 0.4) is 0 Å². The maximum absolute atomic E-state index is 12.4. The summed E-state index contributed by atoms with van der Waals surface area (Å²) in [6.45, 7) is 6.54. The molecule has 0 saturated heterocycles. The highest BCUT2D eigenvalue weighted by Crippen LogP contribution is 2.33. The van der Waals surface area contributed by atoms with E-state index < -0.39 is 0 Å². The van der Waals surface area contributed by atoms with Crippen molar-refractivity contribution in [3.8, 4) is 0 Å². The van der Waals surface area contributed by atoms with Gasteiger partial charge in [-0.3, -0.25) is 9.59 Å². The zero-order chi connectivity index (χ0) is 20.4. The van der Waals surface area contributed by atoms with Crippen LogP contribution in [-0.4, -0.2) is 18.4 Å². The molecule has 1 unspecified atom stereocenters. The third-order valence-electron chi connectivity index (χ3n) is 5.81. The molecule has 1 aliphatic rings. The molecular formula is C24H38N2O2. The van der Waals surface area contributed by atoms with Crippen molar-refractivity contribution < 1.29 is 9.59 Å². The van der Waals surface area contributed by atoms with Crippen molar-refractivity contribution in [3.05, 3.63) is 35.4 Å². The van der Waals surface area contributed by atoms with E-state index in [1.54, 1.807) is 0 Å². The molecular weight excluding hydrogens is 348 g/mol. The topological polar surface area (TPSA) is 58.2 Å². The Kier molecular flexibility index (Phi) is 9.52. The molecule has 0 radical (unpaired) electrons. The number of benzene rings is 1. The number of unbranched alkanes of at least 4 members (excludes halogenated alkanes) is 2. The van der Waals surface area contributed by atoms with Crippen LogP contribution in [0.15, 0.2) is 24.3 Å². The third-order valence-corrected chi connectivity index (χ3v) is 5.81. The first-order valence-corrected chi connectivity index (χ1v) is 11.1. The highest BCUT2D eigenvalue weighted by atomic mass is 16.2. The lowest BCUT2D eigenvalue weighted by Crippen LogP contribution is -2.31. The van der Waals surface area contributed by atoms with Gasteiger partial charge in [0.15, 0.2) is 0 Å². The second-order valence-electron chi connectivity index (χ2n) is 8.58. The van der Waals surface area contributed by atoms with Gasteiger partial charge in [-0.2, -0.15) is 0 Å². The fourth-order valence-corrected chi connectivity index (χ4v) is 4.14. The van der Waals surface area contributed by atoms with Gasteiger partial charge >= 0.3 is 0 Å². The first-order valence-electron chi connectivity index (χ1n) is 11.1. The minimum absolute atomic E-state index is 0.00650. The highest BCUT2D eigenvalue weighted by molar-refractivity contribution is 5.76. The van der Waals surface area contributed by atoms with Crippen molar-refractivity contribution >= 4 is 11.8 Å². The summed E-state index contributed by atoms with van der Waals surface area (Å²) in [4.78, 5) is 23.2. The average molecular weight is 387 g/mol. The molecule has 156 valence electrons. The first-order chi connectivity index (χ1) is 13.5. The van der Waals surface area contributed by atoms with Crippen molar-refractivity contribution in [1.82, 2.24) is 10.6 Å². The van der Waals surface area contributed by atoms with E-state index in [2.05, 4.69) is 48.7 Å². The van der Waals surface area contributed by atoms with Gasteiger partial charge in [-0.1, -0.05) is 63.8 Å². The van der Waals surface area contributed by atoms with Crippen molar-refractivity contribution in [1.29, 1.82) is 0 Å². The number of carbonyl (C=O) groups excluding carboxylic acids is 2. The fourth-order valence-electron chi connectivity index (χ4n) is 4.14. The van der Waals surface area contributed by atoms with E-state index in [4.69, 9.17) is 0 Å². The highest BCUT2D eigenvalue weighted by Gasteiger charge is 2.20. The molecule has 4 nitrogen and oxygen atoms in total. The third kappa shape index (κ3) is 7.65. The normalized spacial score (nSPS) is 16.0. The Bertz CT molecular complexity index is 604. The van der Waals surface area contributed by atoms with E-state index in [0.29, 0.717) is 24.8 Å². The standard InChI is InChI=1S/C24H38N2O2/c1-18(2)24(26-23(28)12-8-5-9-17-25-19(3)27)22-15-13-21(14-16-22)20-10-6-4-7-11-20/h13-16,18,20,24H,4-12,17H2,1-3H3,(H,25,27)(H,26,28). The molecule has 28 heavy (non-hydrogen) atoms. The maximum atomic E-state index is 12.4. The Morgan fingerprint density at radius 3 is 2.29 bits per heavy atom. The summed E-state index contributed by atoms with van der Waals surface area (Å²) in [5.41, 5.74) is 2.66. The smallest absolute Gasteiger partial charge is 0.220 e. The molecule has 0 bridgehead atoms. The van der Waals surface area contributed by atoms with Gasteiger partial charge in [-0.15, -0.1) is 0 Å². The molecule has 1 aliphatic carbocycles. The van der Waals surface area contributed by atoms with E-state index in [1.807, 2.05) is 0 Å². The predicted octanol–water partition coefficient (Wildman–Crippen LogP) is 5.24. The minimum Gasteiger partial charge on any atom is -0.356 e. The largest absolute Gasteiger partial charge is 0.356 e. The van der Waals surface area contributed by atoms with Crippen LogP contribution < -0.4 is 10.6 Å². The molecule has 1 atom stereocenters. The summed E-state index contributed by atoms with van der Waals surface area (Å²) < 4.78 is 0. The number of rotatable bonds is 10. The predicted molar refractivity (Wildman–Crippen MR) is 115 cm³/mol. The Morgan fingerprint density at radius 2 is 1.68 bits per heavy atom. The summed E-state index contributed by atoms with van der Waals surface area (Å²) in [6.07, 6.45) is 9.98. The molecule has 0 aromatic heterocycles. The van der Waals surface area contributed by atoms with Crippen molar-refractivity contribution in [2.45, 2.75) is 90.5 Å². The van der Waals surface area contributed by atoms with Gasteiger partial charge in [0, 0.05) is 19.9 Å². The van der Waals surface area contributed by atoms with Crippen molar-refractivity contribution in [2.75, 3.05) is 6.54 Å². The van der Waals surface area contributed by atoms with Crippen LogP contribution in [0.2, 0.25) is 0 Å². The minimum atomic E-state index is 0.00650. The summed E-state index contributed by atoms with van der Waals surface area (Å²) in [5, 5.41) is 6.02. The van der Waals surface area contributed by atoms with Crippen molar-refractivity contribution in [3.63, 3.8) is 0 Å². The quantitative estimate of drug-likeness (QED) is 0.540. The molecule has 2 rings (SSSR count). The van der Waals surface area contributed by atoms with Crippen LogP contribution in [0, 0.1) is 5.92 Å². The number of nitrogens with one attached hydrogen (secondary N) is 2. The van der Waals surface area contributed by atoms with Crippen LogP contribution in [0.25, 0.3) is 0 Å². The summed E-state index contributed by atoms with van der Waals surface area (Å²) in [7, 11) is 0. The lowest BCUT2D eigenvalue weighted by atomic mass is 9.83. The number of carbonyl (C=O) groups is 2. The molecule has 4 heteroatoms. The second kappa shape index (κ2) is 11.9. The maximum Gasteiger partial charge on any atom is 0.220 e. The van der Waals surface area contributed by atoms with E-state index in [0.717, 1.165) is 19.3 Å². The molecule has 0 heterocycles. The molecule has 0 spiro atoms. The summed E-state index contributed by atoms with van der Waals surface area (Å²) in [5.74, 6) is 1.19. The van der Waals surface area contributed by atoms with E-state index in [9.17, 15) is 9.59 Å². The zero-order valence-corrected chi connectivity index (χ0v) is 17.9. The van der Waals surface area contributed by atoms with E-state index in [1.165, 1.54) is 50.2 Å². The Hall–Kier alpha value is -1.84. The molecule has 1 aromatic rings. The average Bonchev–Trinajstić information content (AvgIpc) is 2.69. The van der Waals surface area contributed by atoms with Crippen molar-refractivity contribution in [2.24, 2.45) is 5.92 Å². The Labute approximate surface area is 170 Å². The molecule has 1 saturated carbocycles. The van der Waals surface area contributed by atoms with Crippen LogP contribution in [0.1, 0.15) is 102 Å². The van der Waals surface area contributed by atoms with Crippen LogP contribution in [-0.2, 0) is 9.59 Å². The zero-order valence-electron chi connectivity index (χ0n) is 17.9. The van der Waals surface area contributed by atoms with Crippen LogP contribution in [0.5, 0.6) is 0 Å². The molecule has 2 N–H and O–H groups in total. The Morgan fingerprint density at radius 1 is 1.00 bits per heavy atom. The van der Waals surface area contributed by atoms with Gasteiger partial charge in [0.05, 0.1) is 6.04 Å². The van der Waals surface area contributed by atoms with Gasteiger partial charge in [-0.05, 0) is 48.6 Å². The molecule has 2 amide bonds. The SMILES string of the molecule is CC(=O)NCCCCCC(=O)NC(c1ccc(C2CCCCC2)cc1)C(C)C. The number of hydrogen-bond donors (Lipinski definition) is 2. The van der Waals surface area contributed by atoms with Gasteiger partial charge in [0.2, 0.25) is 11.8 Å².